The third kappa shape index (κ3) is 2.66. The molecule has 0 bridgehead atoms. The number of amides is 2. The van der Waals surface area contributed by atoms with Crippen molar-refractivity contribution in [3.05, 3.63) is 18.0 Å². The molecule has 1 unspecified atom stereocenters. The van der Waals surface area contributed by atoms with Crippen LogP contribution in [-0.4, -0.2) is 32.7 Å². The van der Waals surface area contributed by atoms with Crippen molar-refractivity contribution >= 4 is 6.03 Å². The van der Waals surface area contributed by atoms with Crippen LogP contribution < -0.4 is 10.6 Å². The Morgan fingerprint density at radius 1 is 1.35 bits per heavy atom. The number of carbonyl (C=O) groups excluding carboxylic acids is 1. The molecule has 0 radical (unpaired) electrons. The van der Waals surface area contributed by atoms with Gasteiger partial charge in [0.15, 0.2) is 5.82 Å². The summed E-state index contributed by atoms with van der Waals surface area (Å²) in [7, 11) is 0. The number of allylic oxidation sites excluding steroid dienone is 1. The first-order valence-corrected chi connectivity index (χ1v) is 7.28. The number of aromatic amines is 1. The van der Waals surface area contributed by atoms with Gasteiger partial charge in [0.1, 0.15) is 5.54 Å². The van der Waals surface area contributed by atoms with Gasteiger partial charge in [0, 0.05) is 6.04 Å². The lowest BCUT2D eigenvalue weighted by Gasteiger charge is -2.39. The zero-order valence-corrected chi connectivity index (χ0v) is 11.4. The zero-order valence-electron chi connectivity index (χ0n) is 11.4. The van der Waals surface area contributed by atoms with E-state index in [2.05, 4.69) is 43.4 Å². The van der Waals surface area contributed by atoms with Crippen molar-refractivity contribution in [2.24, 2.45) is 0 Å². The molecule has 2 aliphatic carbocycles. The standard InChI is InChI=1S/C13H20N6O/c20-12(14-10-6-3-1-2-4-7-10)15-13(8-5-9-13)11-16-18-19-17-11/h3,6,10H,1-2,4-5,7-9H2,(H2,14,15,20)(H,16,17,18,19). The summed E-state index contributed by atoms with van der Waals surface area (Å²) in [4.78, 5) is 12.2. The van der Waals surface area contributed by atoms with Gasteiger partial charge in [0.2, 0.25) is 0 Å². The van der Waals surface area contributed by atoms with E-state index in [-0.39, 0.29) is 12.1 Å². The Balaban J connectivity index is 1.60. The molecule has 0 saturated heterocycles. The summed E-state index contributed by atoms with van der Waals surface area (Å²) >= 11 is 0. The number of nitrogens with one attached hydrogen (secondary N) is 3. The first-order chi connectivity index (χ1) is 9.78. The highest BCUT2D eigenvalue weighted by molar-refractivity contribution is 5.75. The van der Waals surface area contributed by atoms with Crippen LogP contribution in [-0.2, 0) is 5.54 Å². The number of hydrogen-bond donors (Lipinski definition) is 3. The van der Waals surface area contributed by atoms with Gasteiger partial charge in [0.25, 0.3) is 0 Å². The lowest BCUT2D eigenvalue weighted by atomic mass is 9.76. The smallest absolute Gasteiger partial charge is 0.316 e. The molecule has 20 heavy (non-hydrogen) atoms. The maximum atomic E-state index is 12.2. The lowest BCUT2D eigenvalue weighted by Crippen LogP contribution is -2.55. The number of rotatable bonds is 3. The van der Waals surface area contributed by atoms with Crippen LogP contribution in [0.3, 0.4) is 0 Å². The number of H-pyrrole nitrogens is 1. The SMILES string of the molecule is O=C(NC1C=CCCCC1)NC1(c2nn[nH]n2)CCC1. The third-order valence-electron chi connectivity index (χ3n) is 4.15. The fourth-order valence-corrected chi connectivity index (χ4v) is 2.82. The molecule has 2 amide bonds. The van der Waals surface area contributed by atoms with Gasteiger partial charge in [-0.2, -0.15) is 5.21 Å². The highest BCUT2D eigenvalue weighted by Crippen LogP contribution is 2.38. The van der Waals surface area contributed by atoms with Gasteiger partial charge in [-0.15, -0.1) is 10.2 Å². The van der Waals surface area contributed by atoms with E-state index in [1.54, 1.807) is 0 Å². The molecule has 0 spiro atoms. The number of nitrogens with zero attached hydrogens (tertiary/aromatic N) is 3. The minimum absolute atomic E-state index is 0.125. The third-order valence-corrected chi connectivity index (χ3v) is 4.15. The van der Waals surface area contributed by atoms with E-state index in [1.807, 2.05) is 0 Å². The monoisotopic (exact) mass is 276 g/mol. The second-order valence-corrected chi connectivity index (χ2v) is 5.59. The highest BCUT2D eigenvalue weighted by atomic mass is 16.2. The molecule has 1 heterocycles. The molecule has 1 fully saturated rings. The number of urea groups is 1. The topological polar surface area (TPSA) is 95.6 Å². The van der Waals surface area contributed by atoms with Crippen molar-refractivity contribution in [2.45, 2.75) is 56.5 Å². The van der Waals surface area contributed by atoms with Crippen LogP contribution in [0, 0.1) is 0 Å². The number of hydrogen-bond acceptors (Lipinski definition) is 4. The van der Waals surface area contributed by atoms with E-state index in [0.717, 1.165) is 38.5 Å². The van der Waals surface area contributed by atoms with Crippen LogP contribution in [0.25, 0.3) is 0 Å². The molecule has 1 aromatic heterocycles. The molecule has 7 heteroatoms. The Morgan fingerprint density at radius 3 is 2.95 bits per heavy atom. The summed E-state index contributed by atoms with van der Waals surface area (Å²) in [5, 5.41) is 20.1. The van der Waals surface area contributed by atoms with Gasteiger partial charge in [-0.25, -0.2) is 4.79 Å². The molecule has 3 rings (SSSR count). The Kier molecular flexibility index (Phi) is 3.66. The van der Waals surface area contributed by atoms with E-state index >= 15 is 0 Å². The van der Waals surface area contributed by atoms with E-state index in [4.69, 9.17) is 0 Å². The van der Waals surface area contributed by atoms with Gasteiger partial charge in [-0.05, 0) is 38.5 Å². The summed E-state index contributed by atoms with van der Waals surface area (Å²) in [6.07, 6.45) is 11.5. The second-order valence-electron chi connectivity index (χ2n) is 5.59. The van der Waals surface area contributed by atoms with Gasteiger partial charge in [-0.1, -0.05) is 23.8 Å². The van der Waals surface area contributed by atoms with Crippen molar-refractivity contribution in [3.63, 3.8) is 0 Å². The second kappa shape index (κ2) is 5.60. The largest absolute Gasteiger partial charge is 0.332 e. The maximum Gasteiger partial charge on any atom is 0.316 e. The Morgan fingerprint density at radius 2 is 2.25 bits per heavy atom. The van der Waals surface area contributed by atoms with E-state index in [9.17, 15) is 4.79 Å². The summed E-state index contributed by atoms with van der Waals surface area (Å²) in [5.74, 6) is 0.579. The minimum Gasteiger partial charge on any atom is -0.332 e. The highest BCUT2D eigenvalue weighted by Gasteiger charge is 2.44. The zero-order chi connectivity index (χ0) is 13.8. The summed E-state index contributed by atoms with van der Waals surface area (Å²) in [6.45, 7) is 0. The Bertz CT molecular complexity index is 479. The Labute approximate surface area is 117 Å². The summed E-state index contributed by atoms with van der Waals surface area (Å²) in [5.41, 5.74) is -0.439. The van der Waals surface area contributed by atoms with E-state index in [1.165, 1.54) is 6.42 Å². The predicted octanol–water partition coefficient (Wildman–Crippen LogP) is 1.38. The van der Waals surface area contributed by atoms with Crippen molar-refractivity contribution in [1.82, 2.24) is 31.3 Å². The summed E-state index contributed by atoms with van der Waals surface area (Å²) in [6, 6.07) is -0.0223. The van der Waals surface area contributed by atoms with Crippen molar-refractivity contribution < 1.29 is 4.79 Å². The molecule has 2 aliphatic rings. The average molecular weight is 276 g/mol. The van der Waals surface area contributed by atoms with Gasteiger partial charge in [0.05, 0.1) is 0 Å². The molecule has 1 atom stereocenters. The average Bonchev–Trinajstić information content (AvgIpc) is 2.80. The molecule has 3 N–H and O–H groups in total. The molecule has 1 saturated carbocycles. The molecule has 108 valence electrons. The molecule has 1 aromatic rings. The molecule has 0 aromatic carbocycles. The number of aromatic nitrogens is 4. The fraction of sp³-hybridized carbons (Fsp3) is 0.692. The molecular formula is C13H20N6O. The maximum absolute atomic E-state index is 12.2. The minimum atomic E-state index is -0.439. The van der Waals surface area contributed by atoms with Gasteiger partial charge >= 0.3 is 6.03 Å². The van der Waals surface area contributed by atoms with Gasteiger partial charge < -0.3 is 10.6 Å². The van der Waals surface area contributed by atoms with Crippen molar-refractivity contribution in [3.8, 4) is 0 Å². The Hall–Kier alpha value is -1.92. The molecule has 0 aliphatic heterocycles. The quantitative estimate of drug-likeness (QED) is 0.727. The summed E-state index contributed by atoms with van der Waals surface area (Å²) < 4.78 is 0. The number of carbonyl (C=O) groups is 1. The van der Waals surface area contributed by atoms with Crippen LogP contribution in [0.2, 0.25) is 0 Å². The van der Waals surface area contributed by atoms with Crippen LogP contribution in [0.15, 0.2) is 12.2 Å². The van der Waals surface area contributed by atoms with Crippen molar-refractivity contribution in [1.29, 1.82) is 0 Å². The van der Waals surface area contributed by atoms with Crippen LogP contribution in [0.4, 0.5) is 4.79 Å². The van der Waals surface area contributed by atoms with Gasteiger partial charge in [-0.3, -0.25) is 0 Å². The number of tetrazole rings is 1. The predicted molar refractivity (Wildman–Crippen MR) is 72.8 cm³/mol. The van der Waals surface area contributed by atoms with Crippen LogP contribution >= 0.6 is 0 Å². The van der Waals surface area contributed by atoms with Crippen LogP contribution in [0.1, 0.15) is 50.8 Å². The van der Waals surface area contributed by atoms with E-state index in [0.29, 0.717) is 5.82 Å². The van der Waals surface area contributed by atoms with Crippen molar-refractivity contribution in [2.75, 3.05) is 0 Å². The normalized spacial score (nSPS) is 24.5. The lowest BCUT2D eigenvalue weighted by molar-refractivity contribution is 0.167. The first-order valence-electron chi connectivity index (χ1n) is 7.28. The van der Waals surface area contributed by atoms with E-state index < -0.39 is 5.54 Å². The molecular weight excluding hydrogens is 256 g/mol. The van der Waals surface area contributed by atoms with Crippen LogP contribution in [0.5, 0.6) is 0 Å². The molecule has 7 nitrogen and oxygen atoms in total. The first kappa shape index (κ1) is 13.1. The fourth-order valence-electron chi connectivity index (χ4n) is 2.82.